The van der Waals surface area contributed by atoms with Crippen molar-refractivity contribution in [3.8, 4) is 0 Å². The first-order valence-corrected chi connectivity index (χ1v) is 6.82. The molecule has 0 radical (unpaired) electrons. The Morgan fingerprint density at radius 3 is 2.81 bits per heavy atom. The number of hydrogen-bond acceptors (Lipinski definition) is 5. The molecule has 0 spiro atoms. The molecule has 0 bridgehead atoms. The van der Waals surface area contributed by atoms with Crippen LogP contribution in [0.25, 0.3) is 0 Å². The van der Waals surface area contributed by atoms with Crippen LogP contribution in [0.4, 0.5) is 5.82 Å². The van der Waals surface area contributed by atoms with Gasteiger partial charge in [-0.25, -0.2) is 4.98 Å². The Morgan fingerprint density at radius 1 is 1.57 bits per heavy atom. The molecule has 2 heterocycles. The molecule has 0 aromatic carbocycles. The molecule has 1 aromatic rings. The number of carboxylic acid groups (broad SMARTS) is 1. The Hall–Kier alpha value is -1.89. The van der Waals surface area contributed by atoms with Gasteiger partial charge in [0, 0.05) is 17.9 Å². The highest BCUT2D eigenvalue weighted by Crippen LogP contribution is 2.30. The van der Waals surface area contributed by atoms with Gasteiger partial charge in [-0.1, -0.05) is 0 Å². The Morgan fingerprint density at radius 2 is 2.24 bits per heavy atom. The van der Waals surface area contributed by atoms with E-state index >= 15 is 0 Å². The zero-order valence-corrected chi connectivity index (χ0v) is 12.7. The molecule has 1 fully saturated rings. The third-order valence-corrected chi connectivity index (χ3v) is 3.82. The van der Waals surface area contributed by atoms with Crippen molar-refractivity contribution in [2.45, 2.75) is 39.3 Å². The monoisotopic (exact) mass is 295 g/mol. The third kappa shape index (κ3) is 2.78. The Kier molecular flexibility index (Phi) is 3.79. The van der Waals surface area contributed by atoms with E-state index in [1.165, 1.54) is 6.20 Å². The van der Waals surface area contributed by atoms with Gasteiger partial charge in [-0.3, -0.25) is 9.59 Å². The maximum Gasteiger partial charge on any atom is 0.313 e. The number of aromatic nitrogens is 2. The highest BCUT2D eigenvalue weighted by Gasteiger charge is 2.47. The van der Waals surface area contributed by atoms with Crippen molar-refractivity contribution >= 4 is 11.8 Å². The van der Waals surface area contributed by atoms with Crippen molar-refractivity contribution in [1.29, 1.82) is 0 Å². The lowest BCUT2D eigenvalue weighted by Gasteiger charge is -2.27. The molecule has 116 valence electrons. The highest BCUT2D eigenvalue weighted by molar-refractivity contribution is 5.76. The first kappa shape index (κ1) is 15.5. The van der Waals surface area contributed by atoms with E-state index in [0.29, 0.717) is 0 Å². The van der Waals surface area contributed by atoms with Gasteiger partial charge in [0.05, 0.1) is 19.3 Å². The molecule has 0 amide bonds. The van der Waals surface area contributed by atoms with E-state index < -0.39 is 17.4 Å². The molecule has 2 unspecified atom stereocenters. The van der Waals surface area contributed by atoms with Gasteiger partial charge in [-0.2, -0.15) is 0 Å². The fourth-order valence-electron chi connectivity index (χ4n) is 2.29. The van der Waals surface area contributed by atoms with E-state index in [0.717, 1.165) is 0 Å². The summed E-state index contributed by atoms with van der Waals surface area (Å²) < 4.78 is 6.83. The van der Waals surface area contributed by atoms with E-state index in [-0.39, 0.29) is 30.1 Å². The summed E-state index contributed by atoms with van der Waals surface area (Å²) >= 11 is 0. The van der Waals surface area contributed by atoms with Crippen LogP contribution >= 0.6 is 0 Å². The van der Waals surface area contributed by atoms with Gasteiger partial charge in [0.15, 0.2) is 5.82 Å². The summed E-state index contributed by atoms with van der Waals surface area (Å²) in [5, 5.41) is 12.3. The zero-order valence-electron chi connectivity index (χ0n) is 12.7. The maximum absolute atomic E-state index is 12.4. The quantitative estimate of drug-likeness (QED) is 0.860. The minimum absolute atomic E-state index is 0.111. The Labute approximate surface area is 123 Å². The van der Waals surface area contributed by atoms with Gasteiger partial charge in [-0.15, -0.1) is 0 Å². The van der Waals surface area contributed by atoms with Crippen molar-refractivity contribution in [3.05, 3.63) is 22.7 Å². The van der Waals surface area contributed by atoms with Crippen LogP contribution in [0.15, 0.2) is 17.2 Å². The molecular weight excluding hydrogens is 274 g/mol. The van der Waals surface area contributed by atoms with Crippen LogP contribution in [0, 0.1) is 5.41 Å². The van der Waals surface area contributed by atoms with Gasteiger partial charge in [0.1, 0.15) is 5.41 Å². The molecule has 2 N–H and O–H groups in total. The van der Waals surface area contributed by atoms with Crippen LogP contribution in [0.1, 0.15) is 27.7 Å². The van der Waals surface area contributed by atoms with Crippen LogP contribution in [0.3, 0.4) is 0 Å². The van der Waals surface area contributed by atoms with Gasteiger partial charge < -0.3 is 19.7 Å². The SMILES string of the molecule is CC1(C(=O)O)COCC1Nc1nccn(C(C)(C)C)c1=O. The zero-order chi connectivity index (χ0) is 15.8. The van der Waals surface area contributed by atoms with Gasteiger partial charge >= 0.3 is 5.97 Å². The number of ether oxygens (including phenoxy) is 1. The minimum atomic E-state index is -1.07. The topological polar surface area (TPSA) is 93.4 Å². The highest BCUT2D eigenvalue weighted by atomic mass is 16.5. The fourth-order valence-corrected chi connectivity index (χ4v) is 2.29. The fraction of sp³-hybridized carbons (Fsp3) is 0.643. The number of aliphatic carboxylic acids is 1. The standard InChI is InChI=1S/C14H21N3O4/c1-13(2,3)17-6-5-15-10(11(17)18)16-9-7-21-8-14(9,4)12(19)20/h5-6,9H,7-8H2,1-4H3,(H,15,16)(H,19,20). The Bertz CT molecular complexity index is 605. The van der Waals surface area contributed by atoms with Crippen molar-refractivity contribution in [1.82, 2.24) is 9.55 Å². The summed E-state index contributed by atoms with van der Waals surface area (Å²) in [7, 11) is 0. The lowest BCUT2D eigenvalue weighted by molar-refractivity contribution is -0.148. The van der Waals surface area contributed by atoms with E-state index in [9.17, 15) is 14.7 Å². The van der Waals surface area contributed by atoms with Crippen molar-refractivity contribution < 1.29 is 14.6 Å². The first-order valence-electron chi connectivity index (χ1n) is 6.82. The van der Waals surface area contributed by atoms with E-state index in [4.69, 9.17) is 4.74 Å². The largest absolute Gasteiger partial charge is 0.481 e. The smallest absolute Gasteiger partial charge is 0.313 e. The number of nitrogens with one attached hydrogen (secondary N) is 1. The molecule has 21 heavy (non-hydrogen) atoms. The van der Waals surface area contributed by atoms with Crippen LogP contribution in [-0.4, -0.2) is 39.9 Å². The lowest BCUT2D eigenvalue weighted by atomic mass is 9.85. The van der Waals surface area contributed by atoms with Crippen LogP contribution in [0.5, 0.6) is 0 Å². The number of carbonyl (C=O) groups is 1. The summed E-state index contributed by atoms with van der Waals surface area (Å²) in [5.41, 5.74) is -1.72. The average Bonchev–Trinajstić information content (AvgIpc) is 2.73. The summed E-state index contributed by atoms with van der Waals surface area (Å²) in [6, 6.07) is -0.494. The molecule has 1 saturated heterocycles. The number of carboxylic acids is 1. The second-order valence-corrected chi connectivity index (χ2v) is 6.56. The van der Waals surface area contributed by atoms with Crippen molar-refractivity contribution in [3.63, 3.8) is 0 Å². The molecule has 2 rings (SSSR count). The molecule has 7 nitrogen and oxygen atoms in total. The summed E-state index contributed by atoms with van der Waals surface area (Å²) in [5.74, 6) is -0.806. The third-order valence-electron chi connectivity index (χ3n) is 3.82. The van der Waals surface area contributed by atoms with Crippen LogP contribution in [0.2, 0.25) is 0 Å². The van der Waals surface area contributed by atoms with Crippen molar-refractivity contribution in [2.24, 2.45) is 5.41 Å². The molecule has 2 atom stereocenters. The van der Waals surface area contributed by atoms with Crippen molar-refractivity contribution in [2.75, 3.05) is 18.5 Å². The summed E-state index contributed by atoms with van der Waals surface area (Å²) in [4.78, 5) is 27.9. The second kappa shape index (κ2) is 5.14. The number of hydrogen-bond donors (Lipinski definition) is 2. The molecule has 0 saturated carbocycles. The second-order valence-electron chi connectivity index (χ2n) is 6.56. The molecule has 7 heteroatoms. The molecule has 1 aliphatic rings. The molecular formula is C14H21N3O4. The number of anilines is 1. The van der Waals surface area contributed by atoms with Gasteiger partial charge in [0.2, 0.25) is 0 Å². The van der Waals surface area contributed by atoms with Crippen LogP contribution < -0.4 is 10.9 Å². The summed E-state index contributed by atoms with van der Waals surface area (Å²) in [6.07, 6.45) is 3.15. The predicted molar refractivity (Wildman–Crippen MR) is 77.5 cm³/mol. The summed E-state index contributed by atoms with van der Waals surface area (Å²) in [6.45, 7) is 7.69. The Balaban J connectivity index is 2.33. The van der Waals surface area contributed by atoms with E-state index in [2.05, 4.69) is 10.3 Å². The number of nitrogens with zero attached hydrogens (tertiary/aromatic N) is 2. The van der Waals surface area contributed by atoms with Gasteiger partial charge in [-0.05, 0) is 27.7 Å². The average molecular weight is 295 g/mol. The minimum Gasteiger partial charge on any atom is -0.481 e. The predicted octanol–water partition coefficient (Wildman–Crippen LogP) is 0.900. The maximum atomic E-state index is 12.4. The van der Waals surface area contributed by atoms with E-state index in [1.807, 2.05) is 20.8 Å². The first-order chi connectivity index (χ1) is 9.66. The molecule has 1 aromatic heterocycles. The van der Waals surface area contributed by atoms with Crippen LogP contribution in [-0.2, 0) is 15.1 Å². The lowest BCUT2D eigenvalue weighted by Crippen LogP contribution is -2.45. The molecule has 1 aliphatic heterocycles. The van der Waals surface area contributed by atoms with E-state index in [1.54, 1.807) is 17.7 Å². The normalized spacial score (nSPS) is 25.8. The van der Waals surface area contributed by atoms with Gasteiger partial charge in [0.25, 0.3) is 5.56 Å². The number of rotatable bonds is 3. The molecule has 0 aliphatic carbocycles.